The molecule has 0 unspecified atom stereocenters. The molecular formula is C28H28O7S. The minimum atomic E-state index is -1.60. The third-order valence-electron chi connectivity index (χ3n) is 6.13. The highest BCUT2D eigenvalue weighted by molar-refractivity contribution is 7.85. The Hall–Kier alpha value is -2.88. The normalized spacial score (nSPS) is 28.6. The number of ether oxygens (including phenoxy) is 5. The minimum absolute atomic E-state index is 0.190. The maximum Gasteiger partial charge on any atom is 0.303 e. The summed E-state index contributed by atoms with van der Waals surface area (Å²) in [6, 6.07) is 28.2. The van der Waals surface area contributed by atoms with E-state index in [1.54, 1.807) is 12.1 Å². The van der Waals surface area contributed by atoms with Crippen molar-refractivity contribution in [3.8, 4) is 0 Å². The van der Waals surface area contributed by atoms with E-state index in [9.17, 15) is 9.00 Å². The van der Waals surface area contributed by atoms with Gasteiger partial charge in [0.15, 0.2) is 17.8 Å². The molecule has 5 rings (SSSR count). The Balaban J connectivity index is 1.47. The summed E-state index contributed by atoms with van der Waals surface area (Å²) in [4.78, 5) is 12.8. The van der Waals surface area contributed by atoms with E-state index in [0.717, 1.165) is 11.1 Å². The van der Waals surface area contributed by atoms with E-state index < -0.39 is 52.9 Å². The van der Waals surface area contributed by atoms with Crippen LogP contribution in [0.1, 0.15) is 24.3 Å². The topological polar surface area (TPSA) is 80.3 Å². The van der Waals surface area contributed by atoms with E-state index in [-0.39, 0.29) is 13.2 Å². The van der Waals surface area contributed by atoms with Crippen LogP contribution in [0.2, 0.25) is 0 Å². The van der Waals surface area contributed by atoms with Crippen molar-refractivity contribution in [2.75, 3.05) is 6.61 Å². The van der Waals surface area contributed by atoms with Crippen molar-refractivity contribution in [3.63, 3.8) is 0 Å². The van der Waals surface area contributed by atoms with Gasteiger partial charge in [-0.25, -0.2) is 0 Å². The van der Waals surface area contributed by atoms with Crippen LogP contribution >= 0.6 is 0 Å². The highest BCUT2D eigenvalue weighted by atomic mass is 32.2. The Kier molecular flexibility index (Phi) is 7.89. The number of benzene rings is 3. The van der Waals surface area contributed by atoms with Gasteiger partial charge in [-0.2, -0.15) is 0 Å². The van der Waals surface area contributed by atoms with Gasteiger partial charge in [0.2, 0.25) is 0 Å². The van der Waals surface area contributed by atoms with Crippen LogP contribution in [0.3, 0.4) is 0 Å². The quantitative estimate of drug-likeness (QED) is 0.444. The monoisotopic (exact) mass is 508 g/mol. The minimum Gasteiger partial charge on any atom is -0.457 e. The number of fused-ring (bicyclic) bond motifs is 1. The number of hydrogen-bond donors (Lipinski definition) is 0. The van der Waals surface area contributed by atoms with Crippen LogP contribution in [0, 0.1) is 0 Å². The lowest BCUT2D eigenvalue weighted by Gasteiger charge is -2.48. The second-order valence-corrected chi connectivity index (χ2v) is 10.2. The molecule has 2 aliphatic heterocycles. The van der Waals surface area contributed by atoms with E-state index in [1.807, 2.05) is 78.9 Å². The molecule has 2 fully saturated rings. The standard InChI is InChI=1S/C28H28O7S/c1-19(29)33-25-24-23(18-32-27(35-24)21-13-7-3-8-14-21)34-28(36(30)22-15-9-4-10-16-22)26(25)31-17-20-11-5-2-6-12-20/h2-16,23-28H,17-18H2,1H3/t23-,24-,25+,26+,27-,28-,36+/m1/s1. The highest BCUT2D eigenvalue weighted by Gasteiger charge is 2.54. The molecule has 0 spiro atoms. The maximum atomic E-state index is 13.7. The fourth-order valence-corrected chi connectivity index (χ4v) is 5.87. The molecule has 3 aromatic carbocycles. The molecule has 0 radical (unpaired) electrons. The highest BCUT2D eigenvalue weighted by Crippen LogP contribution is 2.38. The van der Waals surface area contributed by atoms with Crippen LogP contribution in [-0.2, 0) is 45.9 Å². The third-order valence-corrected chi connectivity index (χ3v) is 7.67. The molecule has 0 saturated carbocycles. The molecule has 2 heterocycles. The van der Waals surface area contributed by atoms with Crippen molar-refractivity contribution in [3.05, 3.63) is 102 Å². The van der Waals surface area contributed by atoms with E-state index in [2.05, 4.69) is 0 Å². The molecule has 36 heavy (non-hydrogen) atoms. The summed E-state index contributed by atoms with van der Waals surface area (Å²) < 4.78 is 44.4. The summed E-state index contributed by atoms with van der Waals surface area (Å²) >= 11 is 0. The van der Waals surface area contributed by atoms with Gasteiger partial charge in [0, 0.05) is 17.4 Å². The molecule has 188 valence electrons. The Morgan fingerprint density at radius 1 is 0.889 bits per heavy atom. The molecule has 8 heteroatoms. The van der Waals surface area contributed by atoms with Crippen molar-refractivity contribution >= 4 is 16.8 Å². The van der Waals surface area contributed by atoms with Crippen molar-refractivity contribution in [2.45, 2.75) is 54.6 Å². The number of carbonyl (C=O) groups is 1. The fraction of sp³-hybridized carbons (Fsp3) is 0.321. The van der Waals surface area contributed by atoms with Gasteiger partial charge in [-0.15, -0.1) is 0 Å². The number of carbonyl (C=O) groups excluding carboxylic acids is 1. The van der Waals surface area contributed by atoms with Crippen LogP contribution < -0.4 is 0 Å². The summed E-state index contributed by atoms with van der Waals surface area (Å²) in [6.45, 7) is 1.76. The van der Waals surface area contributed by atoms with Crippen molar-refractivity contribution in [1.29, 1.82) is 0 Å². The smallest absolute Gasteiger partial charge is 0.303 e. The third kappa shape index (κ3) is 5.58. The van der Waals surface area contributed by atoms with Gasteiger partial charge in [0.25, 0.3) is 0 Å². The van der Waals surface area contributed by atoms with Gasteiger partial charge < -0.3 is 23.7 Å². The van der Waals surface area contributed by atoms with Crippen LogP contribution in [0.25, 0.3) is 0 Å². The Morgan fingerprint density at radius 3 is 2.19 bits per heavy atom. The molecule has 7 nitrogen and oxygen atoms in total. The molecular weight excluding hydrogens is 480 g/mol. The Bertz CT molecular complexity index is 1160. The Morgan fingerprint density at radius 2 is 1.53 bits per heavy atom. The molecule has 3 aromatic rings. The van der Waals surface area contributed by atoms with E-state index in [4.69, 9.17) is 23.7 Å². The van der Waals surface area contributed by atoms with Crippen molar-refractivity contribution in [2.24, 2.45) is 0 Å². The first-order valence-electron chi connectivity index (χ1n) is 11.9. The summed E-state index contributed by atoms with van der Waals surface area (Å²) in [7, 11) is -1.60. The van der Waals surface area contributed by atoms with E-state index >= 15 is 0 Å². The van der Waals surface area contributed by atoms with Gasteiger partial charge in [-0.05, 0) is 17.7 Å². The molecule has 2 saturated heterocycles. The molecule has 7 atom stereocenters. The van der Waals surface area contributed by atoms with E-state index in [0.29, 0.717) is 4.90 Å². The fourth-order valence-electron chi connectivity index (χ4n) is 4.46. The zero-order valence-corrected chi connectivity index (χ0v) is 20.6. The van der Waals surface area contributed by atoms with Crippen molar-refractivity contribution < 1.29 is 32.7 Å². The molecule has 2 aliphatic rings. The maximum absolute atomic E-state index is 13.7. The van der Waals surface area contributed by atoms with E-state index in [1.165, 1.54) is 6.92 Å². The average Bonchev–Trinajstić information content (AvgIpc) is 2.93. The van der Waals surface area contributed by atoms with Crippen molar-refractivity contribution in [1.82, 2.24) is 0 Å². The lowest BCUT2D eigenvalue weighted by Crippen LogP contribution is -2.64. The first kappa shape index (κ1) is 24.8. The van der Waals surface area contributed by atoms with Crippen LogP contribution in [0.4, 0.5) is 0 Å². The lowest BCUT2D eigenvalue weighted by atomic mass is 9.98. The number of hydrogen-bond acceptors (Lipinski definition) is 7. The molecule has 0 N–H and O–H groups in total. The predicted octanol–water partition coefficient (Wildman–Crippen LogP) is 4.15. The SMILES string of the molecule is CC(=O)O[C@H]1[C@@H]2O[C@H](c3ccccc3)OC[C@H]2O[C@H]([S@@](=O)c2ccccc2)[C@H]1OCc1ccccc1. The van der Waals surface area contributed by atoms with Gasteiger partial charge in [-0.1, -0.05) is 78.9 Å². The van der Waals surface area contributed by atoms with Gasteiger partial charge in [-0.3, -0.25) is 9.00 Å². The average molecular weight is 509 g/mol. The molecule has 0 amide bonds. The second kappa shape index (κ2) is 11.5. The van der Waals surface area contributed by atoms with Crippen LogP contribution in [0.5, 0.6) is 0 Å². The predicted molar refractivity (Wildman–Crippen MR) is 132 cm³/mol. The first-order chi connectivity index (χ1) is 17.6. The summed E-state index contributed by atoms with van der Waals surface area (Å²) in [5, 5.41) is 0. The van der Waals surface area contributed by atoms with Crippen LogP contribution in [0.15, 0.2) is 95.9 Å². The van der Waals surface area contributed by atoms with Gasteiger partial charge >= 0.3 is 5.97 Å². The Labute approximate surface area is 212 Å². The zero-order valence-electron chi connectivity index (χ0n) is 19.8. The lowest BCUT2D eigenvalue weighted by molar-refractivity contribution is -0.324. The summed E-state index contributed by atoms with van der Waals surface area (Å²) in [6.07, 6.45) is -3.61. The molecule has 0 bridgehead atoms. The number of esters is 1. The first-order valence-corrected chi connectivity index (χ1v) is 13.1. The summed E-state index contributed by atoms with van der Waals surface area (Å²) in [5.41, 5.74) is 0.872. The zero-order chi connectivity index (χ0) is 24.9. The molecule has 0 aromatic heterocycles. The van der Waals surface area contributed by atoms with Gasteiger partial charge in [0.1, 0.15) is 18.3 Å². The van der Waals surface area contributed by atoms with Gasteiger partial charge in [0.05, 0.1) is 24.0 Å². The largest absolute Gasteiger partial charge is 0.457 e. The second-order valence-electron chi connectivity index (χ2n) is 8.67. The summed E-state index contributed by atoms with van der Waals surface area (Å²) in [5.74, 6) is -0.482. The van der Waals surface area contributed by atoms with Crippen LogP contribution in [-0.4, -0.2) is 46.6 Å². The molecule has 0 aliphatic carbocycles. The number of rotatable bonds is 7.